The van der Waals surface area contributed by atoms with Crippen molar-refractivity contribution in [2.75, 3.05) is 11.4 Å². The number of hydrogen-bond donors (Lipinski definition) is 1. The third-order valence-electron chi connectivity index (χ3n) is 5.31. The molecule has 30 heavy (non-hydrogen) atoms. The summed E-state index contributed by atoms with van der Waals surface area (Å²) in [4.78, 5) is 27.2. The first-order chi connectivity index (χ1) is 14.6. The molecule has 152 valence electrons. The van der Waals surface area contributed by atoms with Gasteiger partial charge in [0.15, 0.2) is 0 Å². The molecular weight excluding hydrogens is 376 g/mol. The lowest BCUT2D eigenvalue weighted by molar-refractivity contribution is -0.132. The van der Waals surface area contributed by atoms with Crippen LogP contribution in [0.1, 0.15) is 24.9 Å². The molecule has 0 unspecified atom stereocenters. The zero-order valence-corrected chi connectivity index (χ0v) is 16.8. The molecule has 1 heterocycles. The van der Waals surface area contributed by atoms with Gasteiger partial charge in [-0.3, -0.25) is 9.59 Å². The summed E-state index contributed by atoms with van der Waals surface area (Å²) in [5, 5.41) is 2.97. The Morgan fingerprint density at radius 2 is 1.53 bits per heavy atom. The van der Waals surface area contributed by atoms with Gasteiger partial charge in [-0.25, -0.2) is 0 Å². The predicted molar refractivity (Wildman–Crippen MR) is 116 cm³/mol. The van der Waals surface area contributed by atoms with Crippen molar-refractivity contribution >= 4 is 17.5 Å². The molecule has 0 radical (unpaired) electrons. The Hall–Kier alpha value is -3.60. The fourth-order valence-electron chi connectivity index (χ4n) is 3.64. The molecule has 3 aromatic carbocycles. The molecule has 1 saturated heterocycles. The van der Waals surface area contributed by atoms with E-state index in [0.29, 0.717) is 18.7 Å². The van der Waals surface area contributed by atoms with E-state index in [1.54, 1.807) is 4.90 Å². The molecule has 3 aromatic rings. The Labute approximate surface area is 176 Å². The van der Waals surface area contributed by atoms with Gasteiger partial charge >= 0.3 is 0 Å². The zero-order chi connectivity index (χ0) is 20.9. The summed E-state index contributed by atoms with van der Waals surface area (Å²) in [6, 6.07) is 26.5. The molecule has 1 aliphatic rings. The summed E-state index contributed by atoms with van der Waals surface area (Å²) in [5.74, 6) is 0.415. The summed E-state index contributed by atoms with van der Waals surface area (Å²) in [5.41, 5.74) is 1.79. The van der Waals surface area contributed by atoms with Crippen LogP contribution in [0.4, 0.5) is 5.69 Å². The van der Waals surface area contributed by atoms with E-state index < -0.39 is 5.92 Å². The molecule has 5 nitrogen and oxygen atoms in total. The average molecular weight is 400 g/mol. The second-order valence-corrected chi connectivity index (χ2v) is 7.38. The maximum Gasteiger partial charge on any atom is 0.239 e. The van der Waals surface area contributed by atoms with Crippen molar-refractivity contribution in [3.05, 3.63) is 90.5 Å². The smallest absolute Gasteiger partial charge is 0.239 e. The van der Waals surface area contributed by atoms with Gasteiger partial charge in [0.2, 0.25) is 11.8 Å². The molecule has 0 saturated carbocycles. The fourth-order valence-corrected chi connectivity index (χ4v) is 3.64. The second-order valence-electron chi connectivity index (χ2n) is 7.38. The van der Waals surface area contributed by atoms with Crippen LogP contribution in [0.5, 0.6) is 11.5 Å². The van der Waals surface area contributed by atoms with E-state index >= 15 is 0 Å². The number of rotatable bonds is 6. The van der Waals surface area contributed by atoms with E-state index in [0.717, 1.165) is 17.0 Å². The zero-order valence-electron chi connectivity index (χ0n) is 16.8. The maximum atomic E-state index is 12.9. The van der Waals surface area contributed by atoms with Gasteiger partial charge in [-0.15, -0.1) is 0 Å². The largest absolute Gasteiger partial charge is 0.457 e. The van der Waals surface area contributed by atoms with Crippen molar-refractivity contribution < 1.29 is 14.3 Å². The number of para-hydroxylation sites is 1. The molecule has 0 aliphatic carbocycles. The Bertz CT molecular complexity index is 1000. The number of anilines is 1. The third kappa shape index (κ3) is 4.35. The molecule has 1 fully saturated rings. The highest BCUT2D eigenvalue weighted by molar-refractivity contribution is 6.09. The van der Waals surface area contributed by atoms with Crippen LogP contribution in [0, 0.1) is 5.92 Å². The SMILES string of the molecule is C[C@H](NC(=O)[C@H]1CCN(c2ccc(Oc3ccccc3)cc2)C1=O)c1ccccc1. The topological polar surface area (TPSA) is 58.6 Å². The molecule has 0 bridgehead atoms. The molecule has 1 aliphatic heterocycles. The Balaban J connectivity index is 1.38. The van der Waals surface area contributed by atoms with Gasteiger partial charge in [-0.2, -0.15) is 0 Å². The van der Waals surface area contributed by atoms with Gasteiger partial charge in [0.1, 0.15) is 17.4 Å². The van der Waals surface area contributed by atoms with Gasteiger partial charge in [0.05, 0.1) is 6.04 Å². The monoisotopic (exact) mass is 400 g/mol. The van der Waals surface area contributed by atoms with Crippen LogP contribution >= 0.6 is 0 Å². The van der Waals surface area contributed by atoms with Crippen LogP contribution in [0.25, 0.3) is 0 Å². The van der Waals surface area contributed by atoms with Crippen molar-refractivity contribution in [1.29, 1.82) is 0 Å². The lowest BCUT2D eigenvalue weighted by Crippen LogP contribution is -2.38. The van der Waals surface area contributed by atoms with E-state index in [9.17, 15) is 9.59 Å². The first kappa shape index (κ1) is 19.7. The number of hydrogen-bond acceptors (Lipinski definition) is 3. The van der Waals surface area contributed by atoms with Gasteiger partial charge in [-0.1, -0.05) is 48.5 Å². The molecule has 5 heteroatoms. The van der Waals surface area contributed by atoms with E-state index in [1.165, 1.54) is 0 Å². The summed E-state index contributed by atoms with van der Waals surface area (Å²) < 4.78 is 5.80. The highest BCUT2D eigenvalue weighted by Crippen LogP contribution is 2.29. The van der Waals surface area contributed by atoms with Crippen LogP contribution < -0.4 is 15.0 Å². The first-order valence-electron chi connectivity index (χ1n) is 10.1. The van der Waals surface area contributed by atoms with Crippen molar-refractivity contribution in [2.45, 2.75) is 19.4 Å². The number of ether oxygens (including phenoxy) is 1. The normalized spacial score (nSPS) is 16.9. The highest BCUT2D eigenvalue weighted by Gasteiger charge is 2.38. The van der Waals surface area contributed by atoms with Crippen molar-refractivity contribution in [2.24, 2.45) is 5.92 Å². The van der Waals surface area contributed by atoms with Crippen molar-refractivity contribution in [1.82, 2.24) is 5.32 Å². The van der Waals surface area contributed by atoms with Gasteiger partial charge in [-0.05, 0) is 55.3 Å². The van der Waals surface area contributed by atoms with Gasteiger partial charge < -0.3 is 15.0 Å². The summed E-state index contributed by atoms with van der Waals surface area (Å²) in [7, 11) is 0. The Morgan fingerprint density at radius 3 is 2.20 bits per heavy atom. The summed E-state index contributed by atoms with van der Waals surface area (Å²) >= 11 is 0. The lowest BCUT2D eigenvalue weighted by atomic mass is 10.0. The number of benzene rings is 3. The van der Waals surface area contributed by atoms with Crippen LogP contribution in [-0.2, 0) is 9.59 Å². The second kappa shape index (κ2) is 8.82. The molecular formula is C25H24N2O3. The molecule has 4 rings (SSSR count). The first-order valence-corrected chi connectivity index (χ1v) is 10.1. The van der Waals surface area contributed by atoms with E-state index in [-0.39, 0.29) is 17.9 Å². The summed E-state index contributed by atoms with van der Waals surface area (Å²) in [6.45, 7) is 2.45. The molecule has 2 atom stereocenters. The Morgan fingerprint density at radius 1 is 0.933 bits per heavy atom. The van der Waals surface area contributed by atoms with E-state index in [4.69, 9.17) is 4.74 Å². The van der Waals surface area contributed by atoms with Crippen molar-refractivity contribution in [3.8, 4) is 11.5 Å². The third-order valence-corrected chi connectivity index (χ3v) is 5.31. The molecule has 0 aromatic heterocycles. The van der Waals surface area contributed by atoms with Gasteiger partial charge in [0, 0.05) is 12.2 Å². The minimum atomic E-state index is -0.656. The minimum Gasteiger partial charge on any atom is -0.457 e. The van der Waals surface area contributed by atoms with Crippen LogP contribution in [0.3, 0.4) is 0 Å². The highest BCUT2D eigenvalue weighted by atomic mass is 16.5. The minimum absolute atomic E-state index is 0.144. The van der Waals surface area contributed by atoms with Gasteiger partial charge in [0.25, 0.3) is 0 Å². The Kier molecular flexibility index (Phi) is 5.80. The molecule has 2 amide bonds. The standard InChI is InChI=1S/C25H24N2O3/c1-18(19-8-4-2-5-9-19)26-24(28)23-16-17-27(25(23)29)20-12-14-22(15-13-20)30-21-10-6-3-7-11-21/h2-15,18,23H,16-17H2,1H3,(H,26,28)/t18-,23+/m0/s1. The van der Waals surface area contributed by atoms with E-state index in [2.05, 4.69) is 5.32 Å². The summed E-state index contributed by atoms with van der Waals surface area (Å²) in [6.07, 6.45) is 0.508. The van der Waals surface area contributed by atoms with Crippen LogP contribution in [-0.4, -0.2) is 18.4 Å². The number of nitrogens with zero attached hydrogens (tertiary/aromatic N) is 1. The molecule has 0 spiro atoms. The lowest BCUT2D eigenvalue weighted by Gasteiger charge is -2.19. The number of nitrogens with one attached hydrogen (secondary N) is 1. The fraction of sp³-hybridized carbons (Fsp3) is 0.200. The maximum absolute atomic E-state index is 12.9. The van der Waals surface area contributed by atoms with Crippen molar-refractivity contribution in [3.63, 3.8) is 0 Å². The molecule has 1 N–H and O–H groups in total. The van der Waals surface area contributed by atoms with Crippen LogP contribution in [0.2, 0.25) is 0 Å². The predicted octanol–water partition coefficient (Wildman–Crippen LogP) is 4.71. The number of carbonyl (C=O) groups excluding carboxylic acids is 2. The quantitative estimate of drug-likeness (QED) is 0.610. The van der Waals surface area contributed by atoms with Crippen LogP contribution in [0.15, 0.2) is 84.9 Å². The number of carbonyl (C=O) groups is 2. The van der Waals surface area contributed by atoms with E-state index in [1.807, 2.05) is 91.9 Å². The average Bonchev–Trinajstić information content (AvgIpc) is 3.17. The number of amides is 2.